The first-order chi connectivity index (χ1) is 10.4. The fourth-order valence-electron chi connectivity index (χ4n) is 2.80. The molecule has 21 heavy (non-hydrogen) atoms. The van der Waals surface area contributed by atoms with Crippen molar-refractivity contribution in [1.29, 1.82) is 0 Å². The monoisotopic (exact) mass is 273 g/mol. The number of rotatable bonds is 3. The quantitative estimate of drug-likeness (QED) is 0.791. The summed E-state index contributed by atoms with van der Waals surface area (Å²) in [6.07, 6.45) is 4.61. The van der Waals surface area contributed by atoms with E-state index in [1.54, 1.807) is 6.20 Å². The average Bonchev–Trinajstić information content (AvgIpc) is 2.89. The molecule has 1 aromatic heterocycles. The van der Waals surface area contributed by atoms with E-state index in [0.717, 1.165) is 24.5 Å². The Morgan fingerprint density at radius 1 is 1.00 bits per heavy atom. The van der Waals surface area contributed by atoms with Gasteiger partial charge in [0.15, 0.2) is 0 Å². The Bertz CT molecular complexity index is 817. The molecule has 0 saturated heterocycles. The van der Waals surface area contributed by atoms with Crippen LogP contribution < -0.4 is 5.32 Å². The van der Waals surface area contributed by atoms with Gasteiger partial charge in [-0.3, -0.25) is 9.98 Å². The summed E-state index contributed by atoms with van der Waals surface area (Å²) in [6.45, 7) is 0.762. The molecule has 3 nitrogen and oxygen atoms in total. The molecule has 2 aromatic carbocycles. The van der Waals surface area contributed by atoms with Crippen molar-refractivity contribution < 1.29 is 0 Å². The molecule has 2 heterocycles. The highest BCUT2D eigenvalue weighted by molar-refractivity contribution is 6.25. The second kappa shape index (κ2) is 5.02. The lowest BCUT2D eigenvalue weighted by molar-refractivity contribution is 0.958. The first-order valence-electron chi connectivity index (χ1n) is 7.14. The van der Waals surface area contributed by atoms with E-state index in [4.69, 9.17) is 4.99 Å². The number of amidine groups is 1. The van der Waals surface area contributed by atoms with Gasteiger partial charge in [0.1, 0.15) is 5.84 Å². The van der Waals surface area contributed by atoms with Crippen molar-refractivity contribution in [2.75, 3.05) is 11.9 Å². The number of pyridine rings is 1. The summed E-state index contributed by atoms with van der Waals surface area (Å²) in [5.41, 5.74) is 3.58. The van der Waals surface area contributed by atoms with Crippen LogP contribution in [-0.4, -0.2) is 17.4 Å². The highest BCUT2D eigenvalue weighted by Gasteiger charge is 2.18. The largest absolute Gasteiger partial charge is 0.339 e. The lowest BCUT2D eigenvalue weighted by atomic mass is 10.1. The Labute approximate surface area is 123 Å². The molecular formula is C18H15N3. The molecule has 0 unspecified atom stereocenters. The highest BCUT2D eigenvalue weighted by Crippen LogP contribution is 2.32. The summed E-state index contributed by atoms with van der Waals surface area (Å²) in [4.78, 5) is 8.87. The Kier molecular flexibility index (Phi) is 2.89. The molecule has 1 aliphatic heterocycles. The first kappa shape index (κ1) is 12.1. The molecule has 0 bridgehead atoms. The van der Waals surface area contributed by atoms with E-state index >= 15 is 0 Å². The van der Waals surface area contributed by atoms with Crippen LogP contribution in [0.4, 0.5) is 5.69 Å². The normalized spacial score (nSPS) is 14.6. The molecule has 0 aliphatic carbocycles. The van der Waals surface area contributed by atoms with E-state index in [1.807, 2.05) is 12.3 Å². The van der Waals surface area contributed by atoms with Crippen LogP contribution in [0.25, 0.3) is 10.8 Å². The zero-order chi connectivity index (χ0) is 14.1. The van der Waals surface area contributed by atoms with Gasteiger partial charge in [0.25, 0.3) is 0 Å². The van der Waals surface area contributed by atoms with Gasteiger partial charge in [-0.25, -0.2) is 0 Å². The zero-order valence-electron chi connectivity index (χ0n) is 11.6. The number of hydrogen-bond donors (Lipinski definition) is 1. The molecular weight excluding hydrogens is 258 g/mol. The fraction of sp³-hybridized carbons (Fsp3) is 0.111. The number of aliphatic imine (C=N–C) groups is 1. The van der Waals surface area contributed by atoms with Crippen LogP contribution in [0.5, 0.6) is 0 Å². The molecule has 0 radical (unpaired) electrons. The van der Waals surface area contributed by atoms with E-state index in [9.17, 15) is 0 Å². The van der Waals surface area contributed by atoms with E-state index in [1.165, 1.54) is 21.9 Å². The topological polar surface area (TPSA) is 37.3 Å². The summed E-state index contributed by atoms with van der Waals surface area (Å²) < 4.78 is 0. The third kappa shape index (κ3) is 2.17. The van der Waals surface area contributed by atoms with E-state index in [2.05, 4.69) is 52.8 Å². The lowest BCUT2D eigenvalue weighted by Crippen LogP contribution is -2.08. The van der Waals surface area contributed by atoms with Gasteiger partial charge in [-0.05, 0) is 29.5 Å². The Morgan fingerprint density at radius 3 is 2.76 bits per heavy atom. The van der Waals surface area contributed by atoms with Crippen molar-refractivity contribution in [3.05, 3.63) is 72.1 Å². The molecule has 3 heteroatoms. The maximum atomic E-state index is 4.74. The van der Waals surface area contributed by atoms with Crippen LogP contribution >= 0.6 is 0 Å². The van der Waals surface area contributed by atoms with Gasteiger partial charge in [0.2, 0.25) is 0 Å². The standard InChI is InChI=1S/C18H15N3/c1-5-14-6-2-8-16-17(14)15(7-1)18(21-16)20-11-9-13-4-3-10-19-12-13/h1-8,10,12H,9,11H2,(H,20,21). The molecule has 4 rings (SSSR count). The molecule has 1 aliphatic rings. The Balaban J connectivity index is 1.61. The van der Waals surface area contributed by atoms with Gasteiger partial charge in [-0.1, -0.05) is 36.4 Å². The third-order valence-electron chi connectivity index (χ3n) is 3.81. The maximum absolute atomic E-state index is 4.74. The van der Waals surface area contributed by atoms with Crippen molar-refractivity contribution >= 4 is 22.3 Å². The van der Waals surface area contributed by atoms with Crippen molar-refractivity contribution in [2.45, 2.75) is 6.42 Å². The predicted molar refractivity (Wildman–Crippen MR) is 86.9 cm³/mol. The minimum Gasteiger partial charge on any atom is -0.339 e. The summed E-state index contributed by atoms with van der Waals surface area (Å²) >= 11 is 0. The summed E-state index contributed by atoms with van der Waals surface area (Å²) in [7, 11) is 0. The second-order valence-electron chi connectivity index (χ2n) is 5.18. The lowest BCUT2D eigenvalue weighted by Gasteiger charge is -2.01. The smallest absolute Gasteiger partial charge is 0.133 e. The Hall–Kier alpha value is -2.68. The van der Waals surface area contributed by atoms with Gasteiger partial charge in [-0.2, -0.15) is 0 Å². The van der Waals surface area contributed by atoms with Gasteiger partial charge in [0.05, 0.1) is 0 Å². The Morgan fingerprint density at radius 2 is 1.90 bits per heavy atom. The van der Waals surface area contributed by atoms with Crippen molar-refractivity contribution in [3.8, 4) is 0 Å². The average molecular weight is 273 g/mol. The fourth-order valence-corrected chi connectivity index (χ4v) is 2.80. The first-order valence-corrected chi connectivity index (χ1v) is 7.14. The molecule has 0 atom stereocenters. The van der Waals surface area contributed by atoms with Crippen molar-refractivity contribution in [2.24, 2.45) is 4.99 Å². The van der Waals surface area contributed by atoms with E-state index < -0.39 is 0 Å². The van der Waals surface area contributed by atoms with Gasteiger partial charge < -0.3 is 5.32 Å². The van der Waals surface area contributed by atoms with E-state index in [0.29, 0.717) is 0 Å². The highest BCUT2D eigenvalue weighted by atomic mass is 15.0. The number of anilines is 1. The predicted octanol–water partition coefficient (Wildman–Crippen LogP) is 3.65. The number of nitrogens with one attached hydrogen (secondary N) is 1. The maximum Gasteiger partial charge on any atom is 0.133 e. The number of nitrogens with zero attached hydrogens (tertiary/aromatic N) is 2. The van der Waals surface area contributed by atoms with Crippen LogP contribution in [0, 0.1) is 0 Å². The van der Waals surface area contributed by atoms with Crippen LogP contribution in [0.3, 0.4) is 0 Å². The molecule has 0 fully saturated rings. The summed E-state index contributed by atoms with van der Waals surface area (Å²) in [6, 6.07) is 16.7. The minimum absolute atomic E-state index is 0.762. The molecule has 3 aromatic rings. The minimum atomic E-state index is 0.762. The molecule has 102 valence electrons. The van der Waals surface area contributed by atoms with Gasteiger partial charge in [0, 0.05) is 35.6 Å². The summed E-state index contributed by atoms with van der Waals surface area (Å²) in [5, 5.41) is 5.97. The van der Waals surface area contributed by atoms with Crippen LogP contribution in [0.2, 0.25) is 0 Å². The van der Waals surface area contributed by atoms with Crippen molar-refractivity contribution in [1.82, 2.24) is 4.98 Å². The molecule has 0 saturated carbocycles. The molecule has 0 spiro atoms. The van der Waals surface area contributed by atoms with Crippen molar-refractivity contribution in [3.63, 3.8) is 0 Å². The number of hydrogen-bond acceptors (Lipinski definition) is 2. The molecule has 0 amide bonds. The zero-order valence-corrected chi connectivity index (χ0v) is 11.6. The van der Waals surface area contributed by atoms with Gasteiger partial charge in [-0.15, -0.1) is 0 Å². The second-order valence-corrected chi connectivity index (χ2v) is 5.18. The van der Waals surface area contributed by atoms with Crippen LogP contribution in [0.1, 0.15) is 11.1 Å². The van der Waals surface area contributed by atoms with Crippen LogP contribution in [0.15, 0.2) is 65.9 Å². The van der Waals surface area contributed by atoms with Crippen LogP contribution in [-0.2, 0) is 6.42 Å². The SMILES string of the molecule is c1cncc(CCN=C2Nc3cccc4cccc2c34)c1. The number of aromatic nitrogens is 1. The van der Waals surface area contributed by atoms with E-state index in [-0.39, 0.29) is 0 Å². The third-order valence-corrected chi connectivity index (χ3v) is 3.81. The molecule has 1 N–H and O–H groups in total. The van der Waals surface area contributed by atoms with Gasteiger partial charge >= 0.3 is 0 Å². The number of benzene rings is 2. The summed E-state index contributed by atoms with van der Waals surface area (Å²) in [5.74, 6) is 0.977.